The lowest BCUT2D eigenvalue weighted by atomic mass is 9.89. The highest BCUT2D eigenvalue weighted by Crippen LogP contribution is 2.28. The summed E-state index contributed by atoms with van der Waals surface area (Å²) in [6.07, 6.45) is 3.97. The van der Waals surface area contributed by atoms with Crippen molar-refractivity contribution in [1.82, 2.24) is 19.8 Å². The normalized spacial score (nSPS) is 18.2. The van der Waals surface area contributed by atoms with Gasteiger partial charge in [-0.2, -0.15) is 0 Å². The average Bonchev–Trinajstić information content (AvgIpc) is 2.69. The summed E-state index contributed by atoms with van der Waals surface area (Å²) in [5.74, 6) is 1.14. The van der Waals surface area contributed by atoms with Crippen LogP contribution in [0.5, 0.6) is 0 Å². The first-order valence-corrected chi connectivity index (χ1v) is 9.46. The van der Waals surface area contributed by atoms with E-state index < -0.39 is 6.09 Å². The molecule has 2 N–H and O–H groups in total. The zero-order valence-electron chi connectivity index (χ0n) is 15.6. The topological polar surface area (TPSA) is 81.6 Å². The minimum Gasteiger partial charge on any atom is -0.465 e. The fourth-order valence-electron chi connectivity index (χ4n) is 3.84. The van der Waals surface area contributed by atoms with Crippen LogP contribution in [-0.4, -0.2) is 57.6 Å². The Kier molecular flexibility index (Phi) is 4.94. The Morgan fingerprint density at radius 2 is 1.93 bits per heavy atom. The Morgan fingerprint density at radius 1 is 1.19 bits per heavy atom. The van der Waals surface area contributed by atoms with Crippen LogP contribution in [0.2, 0.25) is 0 Å². The molecule has 142 valence electrons. The molecule has 4 rings (SSSR count). The zero-order valence-corrected chi connectivity index (χ0v) is 15.6. The number of anilines is 2. The number of benzene rings is 1. The van der Waals surface area contributed by atoms with Gasteiger partial charge in [0, 0.05) is 18.4 Å². The second-order valence-corrected chi connectivity index (χ2v) is 7.44. The van der Waals surface area contributed by atoms with Gasteiger partial charge < -0.3 is 20.2 Å². The number of aromatic nitrogens is 2. The fraction of sp³-hybridized carbons (Fsp3) is 0.450. The molecule has 1 saturated heterocycles. The predicted molar refractivity (Wildman–Crippen MR) is 103 cm³/mol. The number of piperidine rings is 1. The molecule has 0 spiro atoms. The minimum absolute atomic E-state index is 0.316. The maximum Gasteiger partial charge on any atom is 0.407 e. The summed E-state index contributed by atoms with van der Waals surface area (Å²) in [5, 5.41) is 12.4. The fourth-order valence-corrected chi connectivity index (χ4v) is 3.84. The molecule has 2 aromatic rings. The van der Waals surface area contributed by atoms with Gasteiger partial charge in [-0.15, -0.1) is 0 Å². The second kappa shape index (κ2) is 7.52. The lowest BCUT2D eigenvalue weighted by Crippen LogP contribution is -2.35. The molecule has 1 aromatic carbocycles. The van der Waals surface area contributed by atoms with Crippen molar-refractivity contribution in [2.75, 3.05) is 32.0 Å². The monoisotopic (exact) mass is 367 g/mol. The van der Waals surface area contributed by atoms with Crippen LogP contribution < -0.4 is 5.32 Å². The van der Waals surface area contributed by atoms with E-state index in [-0.39, 0.29) is 0 Å². The zero-order chi connectivity index (χ0) is 18.8. The van der Waals surface area contributed by atoms with Crippen LogP contribution in [0.25, 0.3) is 0 Å². The number of carbonyl (C=O) groups is 1. The van der Waals surface area contributed by atoms with Crippen molar-refractivity contribution >= 4 is 17.7 Å². The van der Waals surface area contributed by atoms with Gasteiger partial charge in [0.05, 0.1) is 12.2 Å². The first-order valence-electron chi connectivity index (χ1n) is 9.46. The highest BCUT2D eigenvalue weighted by molar-refractivity contribution is 5.65. The summed E-state index contributed by atoms with van der Waals surface area (Å²) < 4.78 is 0. The summed E-state index contributed by atoms with van der Waals surface area (Å²) in [4.78, 5) is 23.9. The molecule has 0 atom stereocenters. The summed E-state index contributed by atoms with van der Waals surface area (Å²) in [5.41, 5.74) is 4.13. The molecule has 0 unspecified atom stereocenters. The minimum atomic E-state index is -0.904. The van der Waals surface area contributed by atoms with E-state index >= 15 is 0 Å². The maximum atomic E-state index is 11.2. The van der Waals surface area contributed by atoms with E-state index in [1.165, 1.54) is 23.3 Å². The van der Waals surface area contributed by atoms with Gasteiger partial charge >= 0.3 is 6.09 Å². The highest BCUT2D eigenvalue weighted by Gasteiger charge is 2.22. The van der Waals surface area contributed by atoms with Crippen LogP contribution in [0.4, 0.5) is 16.4 Å². The number of hydrogen-bond acceptors (Lipinski definition) is 5. The molecule has 0 aliphatic carbocycles. The van der Waals surface area contributed by atoms with Gasteiger partial charge in [-0.3, -0.25) is 0 Å². The maximum absolute atomic E-state index is 11.2. The third-order valence-corrected chi connectivity index (χ3v) is 5.57. The lowest BCUT2D eigenvalue weighted by Gasteiger charge is -2.29. The van der Waals surface area contributed by atoms with Crippen molar-refractivity contribution in [3.63, 3.8) is 0 Å². The van der Waals surface area contributed by atoms with Gasteiger partial charge in [-0.25, -0.2) is 14.8 Å². The molecule has 0 radical (unpaired) electrons. The Balaban J connectivity index is 1.43. The predicted octanol–water partition coefficient (Wildman–Crippen LogP) is 3.07. The van der Waals surface area contributed by atoms with Crippen molar-refractivity contribution in [1.29, 1.82) is 0 Å². The number of amides is 1. The number of nitrogens with zero attached hydrogens (tertiary/aromatic N) is 4. The van der Waals surface area contributed by atoms with Gasteiger partial charge in [0.1, 0.15) is 0 Å². The largest absolute Gasteiger partial charge is 0.465 e. The molecular weight excluding hydrogens is 342 g/mol. The lowest BCUT2D eigenvalue weighted by molar-refractivity contribution is 0.139. The van der Waals surface area contributed by atoms with E-state index in [1.54, 1.807) is 6.20 Å². The molecule has 7 nitrogen and oxygen atoms in total. The number of fused-ring (bicyclic) bond motifs is 1. The molecular formula is C20H25N5O2. The van der Waals surface area contributed by atoms with Crippen LogP contribution in [0, 0.1) is 0 Å². The third-order valence-electron chi connectivity index (χ3n) is 5.57. The Morgan fingerprint density at radius 3 is 2.63 bits per heavy atom. The number of nitrogens with one attached hydrogen (secondary N) is 1. The molecule has 1 amide bonds. The van der Waals surface area contributed by atoms with Crippen molar-refractivity contribution in [2.45, 2.75) is 31.7 Å². The van der Waals surface area contributed by atoms with E-state index in [0.29, 0.717) is 31.4 Å². The molecule has 2 aliphatic heterocycles. The standard InChI is InChI=1S/C20H25N5O2/c1-24-9-6-15(7-10-24)14-2-4-17(5-3-14)22-19-21-12-16-8-11-25(20(26)27)13-18(16)23-19/h2-5,12,15H,6-11,13H2,1H3,(H,26,27)(H,21,22,23). The third kappa shape index (κ3) is 4.03. The van der Waals surface area contributed by atoms with Crippen LogP contribution in [0.1, 0.15) is 35.6 Å². The van der Waals surface area contributed by atoms with Crippen molar-refractivity contribution < 1.29 is 9.90 Å². The van der Waals surface area contributed by atoms with Gasteiger partial charge in [0.25, 0.3) is 0 Å². The van der Waals surface area contributed by atoms with E-state index in [4.69, 9.17) is 0 Å². The van der Waals surface area contributed by atoms with Crippen LogP contribution in [0.15, 0.2) is 30.5 Å². The molecule has 2 aliphatic rings. The van der Waals surface area contributed by atoms with Crippen molar-refractivity contribution in [3.05, 3.63) is 47.3 Å². The molecule has 0 bridgehead atoms. The quantitative estimate of drug-likeness (QED) is 0.868. The molecule has 1 fully saturated rings. The number of carboxylic acid groups (broad SMARTS) is 1. The van der Waals surface area contributed by atoms with Gasteiger partial charge in [-0.05, 0) is 68.6 Å². The van der Waals surface area contributed by atoms with Gasteiger partial charge in [0.15, 0.2) is 0 Å². The first kappa shape index (κ1) is 17.7. The van der Waals surface area contributed by atoms with Gasteiger partial charge in [-0.1, -0.05) is 12.1 Å². The van der Waals surface area contributed by atoms with Crippen LogP contribution in [-0.2, 0) is 13.0 Å². The van der Waals surface area contributed by atoms with Crippen LogP contribution in [0.3, 0.4) is 0 Å². The Bertz CT molecular complexity index is 816. The Labute approximate surface area is 159 Å². The molecule has 0 saturated carbocycles. The SMILES string of the molecule is CN1CCC(c2ccc(Nc3ncc4c(n3)CN(C(=O)O)CC4)cc2)CC1. The van der Waals surface area contributed by atoms with E-state index in [9.17, 15) is 9.90 Å². The second-order valence-electron chi connectivity index (χ2n) is 7.44. The molecule has 7 heteroatoms. The first-order chi connectivity index (χ1) is 13.1. The highest BCUT2D eigenvalue weighted by atomic mass is 16.4. The van der Waals surface area contributed by atoms with E-state index in [2.05, 4.69) is 51.5 Å². The van der Waals surface area contributed by atoms with Gasteiger partial charge in [0.2, 0.25) is 5.95 Å². The summed E-state index contributed by atoms with van der Waals surface area (Å²) in [6.45, 7) is 3.12. The molecule has 3 heterocycles. The summed E-state index contributed by atoms with van der Waals surface area (Å²) in [6, 6.07) is 8.51. The number of rotatable bonds is 3. The number of hydrogen-bond donors (Lipinski definition) is 2. The molecule has 27 heavy (non-hydrogen) atoms. The van der Waals surface area contributed by atoms with Crippen molar-refractivity contribution in [3.8, 4) is 0 Å². The van der Waals surface area contributed by atoms with E-state index in [1.807, 2.05) is 0 Å². The van der Waals surface area contributed by atoms with Crippen molar-refractivity contribution in [2.24, 2.45) is 0 Å². The smallest absolute Gasteiger partial charge is 0.407 e. The summed E-state index contributed by atoms with van der Waals surface area (Å²) >= 11 is 0. The number of likely N-dealkylation sites (tertiary alicyclic amines) is 1. The van der Waals surface area contributed by atoms with E-state index in [0.717, 1.165) is 30.0 Å². The molecule has 1 aromatic heterocycles. The summed E-state index contributed by atoms with van der Waals surface area (Å²) in [7, 11) is 2.18. The Hall–Kier alpha value is -2.67. The van der Waals surface area contributed by atoms with Crippen LogP contribution >= 0.6 is 0 Å². The average molecular weight is 367 g/mol.